The maximum atomic E-state index is 12.9. The molecule has 9 heteroatoms. The minimum absolute atomic E-state index is 0.206. The standard InChI is InChI=1S/C26H27ClN2O5S/c1-3-33-21-13-19(12-20(27)24(21)34-16-18-8-6-17(2)7-9-18)14-22-25(31)29(26(32)35-22)15-23(30)28-10-4-5-11-28/h6-9,12-14H,3-5,10-11,15-16H2,1-2H3/b22-14+. The zero-order valence-electron chi connectivity index (χ0n) is 19.7. The van der Waals surface area contributed by atoms with E-state index in [1.165, 1.54) is 0 Å². The number of rotatable bonds is 8. The van der Waals surface area contributed by atoms with Gasteiger partial charge in [0, 0.05) is 13.1 Å². The second-order valence-electron chi connectivity index (χ2n) is 8.39. The van der Waals surface area contributed by atoms with Gasteiger partial charge < -0.3 is 14.4 Å². The van der Waals surface area contributed by atoms with Crippen LogP contribution in [0.5, 0.6) is 11.5 Å². The number of hydrogen-bond acceptors (Lipinski definition) is 6. The molecule has 2 heterocycles. The molecule has 2 saturated heterocycles. The van der Waals surface area contributed by atoms with Gasteiger partial charge in [0.1, 0.15) is 13.2 Å². The lowest BCUT2D eigenvalue weighted by Crippen LogP contribution is -2.40. The largest absolute Gasteiger partial charge is 0.490 e. The van der Waals surface area contributed by atoms with Crippen molar-refractivity contribution in [3.8, 4) is 11.5 Å². The van der Waals surface area contributed by atoms with E-state index in [0.29, 0.717) is 48.4 Å². The van der Waals surface area contributed by atoms with Gasteiger partial charge in [-0.25, -0.2) is 0 Å². The highest BCUT2D eigenvalue weighted by molar-refractivity contribution is 8.18. The molecule has 0 N–H and O–H groups in total. The Labute approximate surface area is 214 Å². The van der Waals surface area contributed by atoms with E-state index >= 15 is 0 Å². The third-order valence-corrected chi connectivity index (χ3v) is 6.95. The average Bonchev–Trinajstić information content (AvgIpc) is 3.45. The predicted molar refractivity (Wildman–Crippen MR) is 137 cm³/mol. The Hall–Kier alpha value is -2.97. The summed E-state index contributed by atoms with van der Waals surface area (Å²) in [7, 11) is 0. The lowest BCUT2D eigenvalue weighted by Gasteiger charge is -2.18. The first-order valence-corrected chi connectivity index (χ1v) is 12.7. The summed E-state index contributed by atoms with van der Waals surface area (Å²) >= 11 is 7.34. The van der Waals surface area contributed by atoms with Gasteiger partial charge in [-0.05, 0) is 67.8 Å². The molecule has 3 amide bonds. The normalized spacial score (nSPS) is 16.9. The topological polar surface area (TPSA) is 76.2 Å². The van der Waals surface area contributed by atoms with E-state index in [0.717, 1.165) is 40.6 Å². The molecular formula is C26H27ClN2O5S. The molecule has 7 nitrogen and oxygen atoms in total. The molecule has 0 spiro atoms. The Kier molecular flexibility index (Phi) is 8.03. The Morgan fingerprint density at radius 1 is 1.11 bits per heavy atom. The number of carbonyl (C=O) groups is 3. The van der Waals surface area contributed by atoms with Gasteiger partial charge in [-0.3, -0.25) is 19.3 Å². The number of ether oxygens (including phenoxy) is 2. The zero-order chi connectivity index (χ0) is 24.9. The van der Waals surface area contributed by atoms with Gasteiger partial charge in [-0.1, -0.05) is 41.4 Å². The monoisotopic (exact) mass is 514 g/mol. The third-order valence-electron chi connectivity index (χ3n) is 5.76. The lowest BCUT2D eigenvalue weighted by molar-refractivity contribution is -0.135. The summed E-state index contributed by atoms with van der Waals surface area (Å²) in [5, 5.41) is -0.124. The van der Waals surface area contributed by atoms with Crippen molar-refractivity contribution < 1.29 is 23.9 Å². The highest BCUT2D eigenvalue weighted by atomic mass is 35.5. The number of halogens is 1. The Morgan fingerprint density at radius 3 is 2.51 bits per heavy atom. The van der Waals surface area contributed by atoms with E-state index in [4.69, 9.17) is 21.1 Å². The first-order valence-electron chi connectivity index (χ1n) is 11.5. The van der Waals surface area contributed by atoms with E-state index in [1.54, 1.807) is 23.1 Å². The van der Waals surface area contributed by atoms with Gasteiger partial charge in [0.25, 0.3) is 11.1 Å². The van der Waals surface area contributed by atoms with Crippen molar-refractivity contribution in [2.75, 3.05) is 26.2 Å². The van der Waals surface area contributed by atoms with Crippen LogP contribution >= 0.6 is 23.4 Å². The number of thioether (sulfide) groups is 1. The summed E-state index contributed by atoms with van der Waals surface area (Å²) in [5.41, 5.74) is 2.75. The lowest BCUT2D eigenvalue weighted by atomic mass is 10.1. The maximum absolute atomic E-state index is 12.9. The number of hydrogen-bond donors (Lipinski definition) is 0. The number of imide groups is 1. The molecule has 4 rings (SSSR count). The van der Waals surface area contributed by atoms with Crippen molar-refractivity contribution in [1.29, 1.82) is 0 Å². The van der Waals surface area contributed by atoms with Crippen LogP contribution in [0.4, 0.5) is 4.79 Å². The van der Waals surface area contributed by atoms with Crippen LogP contribution in [-0.2, 0) is 16.2 Å². The number of nitrogens with zero attached hydrogens (tertiary/aromatic N) is 2. The molecule has 184 valence electrons. The smallest absolute Gasteiger partial charge is 0.294 e. The second kappa shape index (κ2) is 11.2. The molecule has 0 saturated carbocycles. The fourth-order valence-corrected chi connectivity index (χ4v) is 5.02. The fourth-order valence-electron chi connectivity index (χ4n) is 3.90. The van der Waals surface area contributed by atoms with Crippen LogP contribution in [0.1, 0.15) is 36.5 Å². The summed E-state index contributed by atoms with van der Waals surface area (Å²) in [6.45, 7) is 5.70. The van der Waals surface area contributed by atoms with Crippen LogP contribution in [0.25, 0.3) is 6.08 Å². The van der Waals surface area contributed by atoms with Crippen molar-refractivity contribution in [1.82, 2.24) is 9.80 Å². The van der Waals surface area contributed by atoms with Crippen LogP contribution in [0.15, 0.2) is 41.3 Å². The van der Waals surface area contributed by atoms with Gasteiger partial charge in [0.2, 0.25) is 5.91 Å². The van der Waals surface area contributed by atoms with Crippen molar-refractivity contribution >= 4 is 46.5 Å². The molecule has 2 aliphatic rings. The number of amides is 3. The van der Waals surface area contributed by atoms with E-state index < -0.39 is 11.1 Å². The molecular weight excluding hydrogens is 488 g/mol. The van der Waals surface area contributed by atoms with E-state index in [-0.39, 0.29) is 17.4 Å². The molecule has 0 aliphatic carbocycles. The molecule has 2 aromatic carbocycles. The highest BCUT2D eigenvalue weighted by Gasteiger charge is 2.37. The van der Waals surface area contributed by atoms with Gasteiger partial charge in [0.15, 0.2) is 11.5 Å². The van der Waals surface area contributed by atoms with Gasteiger partial charge in [-0.2, -0.15) is 0 Å². The number of aryl methyl sites for hydroxylation is 1. The van der Waals surface area contributed by atoms with E-state index in [2.05, 4.69) is 0 Å². The Morgan fingerprint density at radius 2 is 1.83 bits per heavy atom. The average molecular weight is 515 g/mol. The van der Waals surface area contributed by atoms with Crippen LogP contribution < -0.4 is 9.47 Å². The van der Waals surface area contributed by atoms with Gasteiger partial charge in [-0.15, -0.1) is 0 Å². The summed E-state index contributed by atoms with van der Waals surface area (Å²) in [6.07, 6.45) is 3.48. The molecule has 0 bridgehead atoms. The zero-order valence-corrected chi connectivity index (χ0v) is 21.3. The van der Waals surface area contributed by atoms with Crippen molar-refractivity contribution in [3.05, 3.63) is 63.0 Å². The number of likely N-dealkylation sites (tertiary alicyclic amines) is 1. The van der Waals surface area contributed by atoms with E-state index in [9.17, 15) is 14.4 Å². The molecule has 0 radical (unpaired) electrons. The van der Waals surface area contributed by atoms with Crippen molar-refractivity contribution in [2.45, 2.75) is 33.3 Å². The van der Waals surface area contributed by atoms with Crippen LogP contribution in [0.2, 0.25) is 5.02 Å². The molecule has 0 unspecified atom stereocenters. The van der Waals surface area contributed by atoms with E-state index in [1.807, 2.05) is 38.1 Å². The molecule has 2 fully saturated rings. The summed E-state index contributed by atoms with van der Waals surface area (Å²) in [4.78, 5) is 40.7. The van der Waals surface area contributed by atoms with Crippen LogP contribution in [0, 0.1) is 6.92 Å². The SMILES string of the molecule is CCOc1cc(/C=C2/SC(=O)N(CC(=O)N3CCCC3)C2=O)cc(Cl)c1OCc1ccc(C)cc1. The first kappa shape index (κ1) is 25.1. The molecule has 0 atom stereocenters. The van der Waals surface area contributed by atoms with Crippen LogP contribution in [-0.4, -0.2) is 53.1 Å². The van der Waals surface area contributed by atoms with Gasteiger partial charge >= 0.3 is 0 Å². The first-order chi connectivity index (χ1) is 16.9. The molecule has 2 aromatic rings. The number of benzene rings is 2. The van der Waals surface area contributed by atoms with Crippen molar-refractivity contribution in [3.63, 3.8) is 0 Å². The molecule has 35 heavy (non-hydrogen) atoms. The van der Waals surface area contributed by atoms with Crippen molar-refractivity contribution in [2.24, 2.45) is 0 Å². The minimum atomic E-state index is -0.485. The highest BCUT2D eigenvalue weighted by Crippen LogP contribution is 2.39. The maximum Gasteiger partial charge on any atom is 0.294 e. The summed E-state index contributed by atoms with van der Waals surface area (Å²) in [6, 6.07) is 11.4. The Bertz CT molecular complexity index is 1160. The Balaban J connectivity index is 1.51. The summed E-state index contributed by atoms with van der Waals surface area (Å²) in [5.74, 6) is 0.168. The summed E-state index contributed by atoms with van der Waals surface area (Å²) < 4.78 is 11.7. The quantitative estimate of drug-likeness (QED) is 0.446. The molecule has 2 aliphatic heterocycles. The number of carbonyl (C=O) groups excluding carboxylic acids is 3. The minimum Gasteiger partial charge on any atom is -0.490 e. The van der Waals surface area contributed by atoms with Gasteiger partial charge in [0.05, 0.1) is 16.5 Å². The third kappa shape index (κ3) is 6.00. The predicted octanol–water partition coefficient (Wildman–Crippen LogP) is 5.28. The molecule has 0 aromatic heterocycles. The van der Waals surface area contributed by atoms with Crippen LogP contribution in [0.3, 0.4) is 0 Å². The fraction of sp³-hybridized carbons (Fsp3) is 0.346. The second-order valence-corrected chi connectivity index (χ2v) is 9.79.